The van der Waals surface area contributed by atoms with Crippen LogP contribution in [0, 0.1) is 11.3 Å². The third kappa shape index (κ3) is 3.29. The molecule has 0 amide bonds. The molecule has 6 heteroatoms. The van der Waals surface area contributed by atoms with Gasteiger partial charge in [0.15, 0.2) is 0 Å². The number of ether oxygens (including phenoxy) is 1. The van der Waals surface area contributed by atoms with E-state index in [9.17, 15) is 5.26 Å². The summed E-state index contributed by atoms with van der Waals surface area (Å²) in [5.41, 5.74) is 10.6. The summed E-state index contributed by atoms with van der Waals surface area (Å²) >= 11 is 0. The molecule has 0 fully saturated rings. The van der Waals surface area contributed by atoms with Gasteiger partial charge in [0.25, 0.3) is 5.89 Å². The normalized spacial score (nSPS) is 15.6. The lowest BCUT2D eigenvalue weighted by molar-refractivity contribution is 0.242. The Labute approximate surface area is 157 Å². The van der Waals surface area contributed by atoms with Gasteiger partial charge in [0, 0.05) is 17.2 Å². The maximum Gasteiger partial charge on any atom is 0.258 e. The van der Waals surface area contributed by atoms with Crippen LogP contribution in [-0.2, 0) is 6.42 Å². The summed E-state index contributed by atoms with van der Waals surface area (Å²) in [5, 5.41) is 13.5. The average molecular weight is 360 g/mol. The molecule has 1 aliphatic carbocycles. The van der Waals surface area contributed by atoms with Gasteiger partial charge in [0.1, 0.15) is 5.75 Å². The second-order valence-corrected chi connectivity index (χ2v) is 6.97. The molecular weight excluding hydrogens is 340 g/mol. The lowest BCUT2D eigenvalue weighted by Gasteiger charge is -2.10. The zero-order valence-electron chi connectivity index (χ0n) is 15.3. The fraction of sp³-hybridized carbons (Fsp3) is 0.286. The molecule has 0 spiro atoms. The molecule has 6 nitrogen and oxygen atoms in total. The molecular formula is C21H20N4O2. The zero-order chi connectivity index (χ0) is 19.0. The van der Waals surface area contributed by atoms with Crippen molar-refractivity contribution in [1.82, 2.24) is 10.1 Å². The van der Waals surface area contributed by atoms with Crippen molar-refractivity contribution >= 4 is 0 Å². The summed E-state index contributed by atoms with van der Waals surface area (Å²) in [6, 6.07) is 13.5. The molecule has 2 N–H and O–H groups in total. The number of nitrogens with two attached hydrogens (primary N) is 1. The van der Waals surface area contributed by atoms with Gasteiger partial charge in [-0.15, -0.1) is 0 Å². The van der Waals surface area contributed by atoms with Gasteiger partial charge in [0.2, 0.25) is 5.82 Å². The van der Waals surface area contributed by atoms with Crippen LogP contribution in [0.4, 0.5) is 0 Å². The minimum atomic E-state index is 0.00107. The summed E-state index contributed by atoms with van der Waals surface area (Å²) in [5.74, 6) is 1.49. The smallest absolute Gasteiger partial charge is 0.258 e. The summed E-state index contributed by atoms with van der Waals surface area (Å²) in [6.45, 7) is 3.87. The van der Waals surface area contributed by atoms with Crippen molar-refractivity contribution in [3.63, 3.8) is 0 Å². The summed E-state index contributed by atoms with van der Waals surface area (Å²) in [4.78, 5) is 4.57. The molecule has 0 bridgehead atoms. The van der Waals surface area contributed by atoms with Gasteiger partial charge >= 0.3 is 0 Å². The van der Waals surface area contributed by atoms with Gasteiger partial charge in [-0.3, -0.25) is 0 Å². The van der Waals surface area contributed by atoms with Gasteiger partial charge in [0.05, 0.1) is 17.7 Å². The molecule has 0 radical (unpaired) electrons. The number of fused-ring (bicyclic) bond motifs is 1. The van der Waals surface area contributed by atoms with Gasteiger partial charge in [-0.25, -0.2) is 0 Å². The van der Waals surface area contributed by atoms with Crippen LogP contribution in [-0.4, -0.2) is 16.2 Å². The number of nitrogens with zero attached hydrogens (tertiary/aromatic N) is 3. The summed E-state index contributed by atoms with van der Waals surface area (Å²) in [7, 11) is 0. The van der Waals surface area contributed by atoms with Gasteiger partial charge < -0.3 is 15.0 Å². The van der Waals surface area contributed by atoms with Crippen LogP contribution in [0.15, 0.2) is 40.9 Å². The highest BCUT2D eigenvalue weighted by atomic mass is 16.5. The van der Waals surface area contributed by atoms with Crippen molar-refractivity contribution in [2.45, 2.75) is 38.8 Å². The van der Waals surface area contributed by atoms with Gasteiger partial charge in [-0.2, -0.15) is 10.2 Å². The molecule has 0 unspecified atom stereocenters. The Kier molecular flexibility index (Phi) is 4.38. The Balaban J connectivity index is 1.73. The number of hydrogen-bond acceptors (Lipinski definition) is 6. The lowest BCUT2D eigenvalue weighted by Crippen LogP contribution is -2.05. The largest absolute Gasteiger partial charge is 0.491 e. The Morgan fingerprint density at radius 3 is 2.93 bits per heavy atom. The van der Waals surface area contributed by atoms with E-state index in [1.165, 1.54) is 5.56 Å². The maximum atomic E-state index is 9.30. The Morgan fingerprint density at radius 2 is 2.15 bits per heavy atom. The topological polar surface area (TPSA) is 98.0 Å². The van der Waals surface area contributed by atoms with Crippen molar-refractivity contribution in [2.24, 2.45) is 5.73 Å². The first-order valence-corrected chi connectivity index (χ1v) is 8.99. The predicted molar refractivity (Wildman–Crippen MR) is 101 cm³/mol. The van der Waals surface area contributed by atoms with Gasteiger partial charge in [-0.05, 0) is 56.0 Å². The summed E-state index contributed by atoms with van der Waals surface area (Å²) in [6.07, 6.45) is 1.84. The Morgan fingerprint density at radius 1 is 1.30 bits per heavy atom. The third-order valence-corrected chi connectivity index (χ3v) is 4.64. The fourth-order valence-electron chi connectivity index (χ4n) is 3.47. The van der Waals surface area contributed by atoms with E-state index >= 15 is 0 Å². The number of hydrogen-bond donors (Lipinski definition) is 1. The van der Waals surface area contributed by atoms with Crippen LogP contribution < -0.4 is 10.5 Å². The van der Waals surface area contributed by atoms with Crippen molar-refractivity contribution in [3.8, 4) is 34.7 Å². The number of nitriles is 1. The van der Waals surface area contributed by atoms with Gasteiger partial charge in [-0.1, -0.05) is 23.4 Å². The molecule has 2 aromatic carbocycles. The first-order chi connectivity index (χ1) is 13.0. The van der Waals surface area contributed by atoms with Crippen LogP contribution >= 0.6 is 0 Å². The van der Waals surface area contributed by atoms with Crippen LogP contribution in [0.25, 0.3) is 22.8 Å². The fourth-order valence-corrected chi connectivity index (χ4v) is 3.47. The monoisotopic (exact) mass is 360 g/mol. The van der Waals surface area contributed by atoms with Crippen molar-refractivity contribution in [2.75, 3.05) is 0 Å². The maximum absolute atomic E-state index is 9.30. The average Bonchev–Trinajstić information content (AvgIpc) is 3.28. The molecule has 136 valence electrons. The molecule has 1 heterocycles. The summed E-state index contributed by atoms with van der Waals surface area (Å²) < 4.78 is 11.2. The first-order valence-electron chi connectivity index (χ1n) is 8.99. The molecule has 0 aliphatic heterocycles. The van der Waals surface area contributed by atoms with E-state index in [0.717, 1.165) is 24.0 Å². The molecule has 4 rings (SSSR count). The van der Waals surface area contributed by atoms with Crippen molar-refractivity contribution in [3.05, 3.63) is 53.1 Å². The Bertz CT molecular complexity index is 1030. The van der Waals surface area contributed by atoms with E-state index in [2.05, 4.69) is 22.3 Å². The predicted octanol–water partition coefficient (Wildman–Crippen LogP) is 4.01. The molecule has 1 aliphatic rings. The highest BCUT2D eigenvalue weighted by molar-refractivity contribution is 5.67. The molecule has 27 heavy (non-hydrogen) atoms. The van der Waals surface area contributed by atoms with E-state index in [1.807, 2.05) is 32.0 Å². The van der Waals surface area contributed by atoms with Crippen molar-refractivity contribution < 1.29 is 9.26 Å². The molecule has 3 aromatic rings. The minimum absolute atomic E-state index is 0.00107. The van der Waals surface area contributed by atoms with E-state index < -0.39 is 0 Å². The lowest BCUT2D eigenvalue weighted by atomic mass is 10.0. The SMILES string of the molecule is CC(C)Oc1cc(C#N)cc(-c2nc(-c3cccc4c3CC[C@H]4N)no2)c1. The second kappa shape index (κ2) is 6.86. The van der Waals surface area contributed by atoms with E-state index in [1.54, 1.807) is 12.1 Å². The van der Waals surface area contributed by atoms with E-state index in [-0.39, 0.29) is 12.1 Å². The number of aromatic nitrogens is 2. The standard InChI is InChI=1S/C21H20N4O2/c1-12(2)26-15-9-13(11-22)8-14(10-15)21-24-20(25-27-21)18-5-3-4-17-16(18)6-7-19(17)23/h3-5,8-10,12,19H,6-7,23H2,1-2H3/t19-/m1/s1. The van der Waals surface area contributed by atoms with E-state index in [0.29, 0.717) is 28.6 Å². The second-order valence-electron chi connectivity index (χ2n) is 6.97. The Hall–Kier alpha value is -3.17. The highest BCUT2D eigenvalue weighted by Gasteiger charge is 2.24. The van der Waals surface area contributed by atoms with Crippen molar-refractivity contribution in [1.29, 1.82) is 5.26 Å². The molecule has 0 saturated carbocycles. The molecule has 0 saturated heterocycles. The highest BCUT2D eigenvalue weighted by Crippen LogP contribution is 2.36. The molecule has 1 aromatic heterocycles. The quantitative estimate of drug-likeness (QED) is 0.755. The number of rotatable bonds is 4. The van der Waals surface area contributed by atoms with E-state index in [4.69, 9.17) is 15.0 Å². The zero-order valence-corrected chi connectivity index (χ0v) is 15.3. The molecule has 1 atom stereocenters. The van der Waals surface area contributed by atoms with Crippen LogP contribution in [0.5, 0.6) is 5.75 Å². The van der Waals surface area contributed by atoms with Crippen LogP contribution in [0.1, 0.15) is 43.0 Å². The minimum Gasteiger partial charge on any atom is -0.491 e. The number of benzene rings is 2. The third-order valence-electron chi connectivity index (χ3n) is 4.64. The first kappa shape index (κ1) is 17.3. The van der Waals surface area contributed by atoms with Crippen LogP contribution in [0.2, 0.25) is 0 Å². The van der Waals surface area contributed by atoms with Crippen LogP contribution in [0.3, 0.4) is 0 Å².